The summed E-state index contributed by atoms with van der Waals surface area (Å²) in [7, 11) is 3.72. The van der Waals surface area contributed by atoms with Crippen molar-refractivity contribution in [1.29, 1.82) is 5.26 Å². The van der Waals surface area contributed by atoms with Crippen molar-refractivity contribution in [2.45, 2.75) is 12.5 Å². The number of aliphatic hydroxyl groups is 1. The van der Waals surface area contributed by atoms with Crippen molar-refractivity contribution in [2.75, 3.05) is 27.2 Å². The molecule has 0 aliphatic heterocycles. The van der Waals surface area contributed by atoms with Gasteiger partial charge in [0, 0.05) is 17.4 Å². The lowest BCUT2D eigenvalue weighted by molar-refractivity contribution is 0.0816. The Kier molecular flexibility index (Phi) is 6.53. The molecular weight excluding hydrogens is 396 g/mol. The number of hydrogen-bond donors (Lipinski definition) is 2. The normalized spacial score (nSPS) is 13.5. The van der Waals surface area contributed by atoms with E-state index in [2.05, 4.69) is 20.9 Å². The molecule has 1 aromatic heterocycles. The molecule has 0 bridgehead atoms. The molecule has 1 aromatic carbocycles. The van der Waals surface area contributed by atoms with Gasteiger partial charge in [-0.2, -0.15) is 5.26 Å². The number of rotatable bonds is 7. The molecule has 25 heavy (non-hydrogen) atoms. The third kappa shape index (κ3) is 5.01. The largest absolute Gasteiger partial charge is 0.486 e. The molecule has 0 saturated heterocycles. The summed E-state index contributed by atoms with van der Waals surface area (Å²) in [5, 5.41) is 20.4. The van der Waals surface area contributed by atoms with Gasteiger partial charge in [-0.05, 0) is 48.2 Å². The van der Waals surface area contributed by atoms with Crippen LogP contribution in [-0.4, -0.2) is 48.7 Å². The number of likely N-dealkylation sites (N-methyl/N-ethyl adjacent to an activating group) is 1. The predicted molar refractivity (Wildman–Crippen MR) is 94.7 cm³/mol. The maximum absolute atomic E-state index is 12.3. The molecule has 5 nitrogen and oxygen atoms in total. The summed E-state index contributed by atoms with van der Waals surface area (Å²) >= 11 is 3.28. The van der Waals surface area contributed by atoms with Crippen molar-refractivity contribution < 1.29 is 18.6 Å². The monoisotopic (exact) mass is 413 g/mol. The molecule has 0 spiro atoms. The van der Waals surface area contributed by atoms with Crippen molar-refractivity contribution in [1.82, 2.24) is 9.88 Å². The summed E-state index contributed by atoms with van der Waals surface area (Å²) in [6, 6.07) is 6.96. The Morgan fingerprint density at radius 2 is 2.16 bits per heavy atom. The van der Waals surface area contributed by atoms with Gasteiger partial charge in [0.2, 0.25) is 0 Å². The SMILES string of the molecule is CN(C)C/C=C(\C#N)C(O)c1cc2cc(OCC(F)F)c(Br)cc2[nH]1. The number of benzene rings is 1. The average Bonchev–Trinajstić information content (AvgIpc) is 2.95. The summed E-state index contributed by atoms with van der Waals surface area (Å²) in [5.41, 5.74) is 1.36. The first-order valence-electron chi connectivity index (χ1n) is 7.48. The van der Waals surface area contributed by atoms with E-state index in [1.807, 2.05) is 25.1 Å². The Morgan fingerprint density at radius 1 is 1.44 bits per heavy atom. The lowest BCUT2D eigenvalue weighted by Crippen LogP contribution is -2.12. The molecule has 0 saturated carbocycles. The van der Waals surface area contributed by atoms with Crippen molar-refractivity contribution >= 4 is 26.8 Å². The molecule has 1 atom stereocenters. The quantitative estimate of drug-likeness (QED) is 0.679. The Morgan fingerprint density at radius 3 is 2.76 bits per heavy atom. The number of aromatic amines is 1. The van der Waals surface area contributed by atoms with Gasteiger partial charge in [-0.15, -0.1) is 0 Å². The van der Waals surface area contributed by atoms with Crippen molar-refractivity contribution in [3.05, 3.63) is 40.0 Å². The Balaban J connectivity index is 2.31. The average molecular weight is 414 g/mol. The van der Waals surface area contributed by atoms with Crippen LogP contribution in [-0.2, 0) is 0 Å². The summed E-state index contributed by atoms with van der Waals surface area (Å²) in [6.45, 7) is -0.173. The van der Waals surface area contributed by atoms with Gasteiger partial charge in [0.15, 0.2) is 0 Å². The maximum Gasteiger partial charge on any atom is 0.272 e. The zero-order chi connectivity index (χ0) is 18.6. The van der Waals surface area contributed by atoms with Crippen LogP contribution in [0.1, 0.15) is 11.8 Å². The second kappa shape index (κ2) is 8.43. The molecule has 0 fully saturated rings. The van der Waals surface area contributed by atoms with E-state index in [-0.39, 0.29) is 11.3 Å². The molecule has 0 amide bonds. The van der Waals surface area contributed by atoms with Gasteiger partial charge in [-0.3, -0.25) is 0 Å². The minimum atomic E-state index is -2.56. The van der Waals surface area contributed by atoms with Crippen LogP contribution in [0, 0.1) is 11.3 Å². The fraction of sp³-hybridized carbons (Fsp3) is 0.353. The first-order valence-corrected chi connectivity index (χ1v) is 8.27. The zero-order valence-corrected chi connectivity index (χ0v) is 15.3. The first kappa shape index (κ1) is 19.4. The van der Waals surface area contributed by atoms with Gasteiger partial charge in [-0.25, -0.2) is 8.78 Å². The fourth-order valence-electron chi connectivity index (χ4n) is 2.23. The van der Waals surface area contributed by atoms with Gasteiger partial charge < -0.3 is 19.7 Å². The Bertz CT molecular complexity index is 812. The van der Waals surface area contributed by atoms with Gasteiger partial charge in [0.05, 0.1) is 21.8 Å². The van der Waals surface area contributed by atoms with Crippen LogP contribution in [0.15, 0.2) is 34.3 Å². The molecule has 2 rings (SSSR count). The summed E-state index contributed by atoms with van der Waals surface area (Å²) < 4.78 is 30.2. The van der Waals surface area contributed by atoms with E-state index in [0.29, 0.717) is 27.6 Å². The van der Waals surface area contributed by atoms with Crippen LogP contribution < -0.4 is 4.74 Å². The maximum atomic E-state index is 12.3. The van der Waals surface area contributed by atoms with E-state index in [1.165, 1.54) is 0 Å². The fourth-order valence-corrected chi connectivity index (χ4v) is 2.69. The summed E-state index contributed by atoms with van der Waals surface area (Å²) in [6.07, 6.45) is -2.00. The molecule has 0 aliphatic rings. The van der Waals surface area contributed by atoms with E-state index in [1.54, 1.807) is 24.3 Å². The highest BCUT2D eigenvalue weighted by Gasteiger charge is 2.17. The summed E-state index contributed by atoms with van der Waals surface area (Å²) in [5.74, 6) is 0.288. The summed E-state index contributed by atoms with van der Waals surface area (Å²) in [4.78, 5) is 4.92. The number of H-pyrrole nitrogens is 1. The van der Waals surface area contributed by atoms with Crippen LogP contribution in [0.5, 0.6) is 5.75 Å². The van der Waals surface area contributed by atoms with Crippen molar-refractivity contribution in [3.8, 4) is 11.8 Å². The van der Waals surface area contributed by atoms with Crippen molar-refractivity contribution in [3.63, 3.8) is 0 Å². The topological polar surface area (TPSA) is 72.3 Å². The number of alkyl halides is 2. The Labute approximate surface area is 152 Å². The third-order valence-electron chi connectivity index (χ3n) is 3.45. The third-order valence-corrected chi connectivity index (χ3v) is 4.07. The molecule has 8 heteroatoms. The number of nitrogens with one attached hydrogen (secondary N) is 1. The number of halogens is 3. The molecule has 134 valence electrons. The molecule has 2 aromatic rings. The molecule has 1 unspecified atom stereocenters. The highest BCUT2D eigenvalue weighted by atomic mass is 79.9. The number of fused-ring (bicyclic) bond motifs is 1. The van der Waals surface area contributed by atoms with E-state index in [4.69, 9.17) is 4.74 Å². The highest BCUT2D eigenvalue weighted by molar-refractivity contribution is 9.10. The predicted octanol–water partition coefficient (Wildman–Crippen LogP) is 3.62. The number of hydrogen-bond acceptors (Lipinski definition) is 4. The first-order chi connectivity index (χ1) is 11.8. The van der Waals surface area contributed by atoms with E-state index in [9.17, 15) is 19.1 Å². The molecule has 0 aliphatic carbocycles. The number of ether oxygens (including phenoxy) is 1. The number of nitrogens with zero attached hydrogens (tertiary/aromatic N) is 2. The van der Waals surface area contributed by atoms with Crippen LogP contribution >= 0.6 is 15.9 Å². The minimum absolute atomic E-state index is 0.230. The van der Waals surface area contributed by atoms with Gasteiger partial charge in [0.25, 0.3) is 6.43 Å². The smallest absolute Gasteiger partial charge is 0.272 e. The number of aromatic nitrogens is 1. The second-order valence-corrected chi connectivity index (χ2v) is 6.59. The van der Waals surface area contributed by atoms with Crippen LogP contribution in [0.3, 0.4) is 0 Å². The zero-order valence-electron chi connectivity index (χ0n) is 13.8. The highest BCUT2D eigenvalue weighted by Crippen LogP contribution is 2.33. The lowest BCUT2D eigenvalue weighted by Gasteiger charge is -2.09. The lowest BCUT2D eigenvalue weighted by atomic mass is 10.1. The van der Waals surface area contributed by atoms with Crippen LogP contribution in [0.4, 0.5) is 8.78 Å². The van der Waals surface area contributed by atoms with Crippen LogP contribution in [0.2, 0.25) is 0 Å². The van der Waals surface area contributed by atoms with Crippen molar-refractivity contribution in [2.24, 2.45) is 0 Å². The van der Waals surface area contributed by atoms with Gasteiger partial charge in [-0.1, -0.05) is 6.08 Å². The molecule has 0 radical (unpaired) electrons. The van der Waals surface area contributed by atoms with E-state index < -0.39 is 19.1 Å². The van der Waals surface area contributed by atoms with Gasteiger partial charge >= 0.3 is 0 Å². The molecule has 2 N–H and O–H groups in total. The molecular formula is C17H18BrF2N3O2. The van der Waals surface area contributed by atoms with Gasteiger partial charge in [0.1, 0.15) is 18.5 Å². The minimum Gasteiger partial charge on any atom is -0.486 e. The number of nitriles is 1. The Hall–Kier alpha value is -1.95. The van der Waals surface area contributed by atoms with E-state index >= 15 is 0 Å². The number of aliphatic hydroxyl groups excluding tert-OH is 1. The standard InChI is InChI=1S/C17H18BrF2N3O2/c1-23(2)4-3-10(8-21)17(24)14-5-11-6-15(25-9-16(19)20)12(18)7-13(11)22-14/h3,5-7,16-17,22,24H,4,9H2,1-2H3/b10-3+. The van der Waals surface area contributed by atoms with E-state index in [0.717, 1.165) is 0 Å². The molecule has 1 heterocycles. The van der Waals surface area contributed by atoms with Crippen LogP contribution in [0.25, 0.3) is 10.9 Å². The second-order valence-electron chi connectivity index (χ2n) is 5.73.